The summed E-state index contributed by atoms with van der Waals surface area (Å²) < 4.78 is 0. The molecule has 0 bridgehead atoms. The van der Waals surface area contributed by atoms with Gasteiger partial charge in [-0.2, -0.15) is 5.26 Å². The van der Waals surface area contributed by atoms with Crippen LogP contribution in [0.1, 0.15) is 22.7 Å². The van der Waals surface area contributed by atoms with Gasteiger partial charge in [-0.25, -0.2) is 4.79 Å². The number of carbonyl (C=O) groups excluding carboxylic acids is 1. The van der Waals surface area contributed by atoms with Crippen molar-refractivity contribution in [3.8, 4) is 6.07 Å². The summed E-state index contributed by atoms with van der Waals surface area (Å²) in [4.78, 5) is 11.1. The topological polar surface area (TPSA) is 78.9 Å². The molecule has 2 rings (SSSR count). The molecule has 1 unspecified atom stereocenters. The van der Waals surface area contributed by atoms with Gasteiger partial charge in [-0.3, -0.25) is 0 Å². The predicted octanol–water partition coefficient (Wildman–Crippen LogP) is 2.32. The Morgan fingerprint density at radius 2 is 1.63 bits per heavy atom. The fraction of sp³-hybridized carbons (Fsp3) is 0.0667. The maximum atomic E-state index is 11.1. The number of carbonyl (C=O) groups is 1. The maximum Gasteiger partial charge on any atom is 0.312 e. The van der Waals surface area contributed by atoms with Crippen LogP contribution in [-0.4, -0.2) is 6.03 Å². The van der Waals surface area contributed by atoms with Crippen LogP contribution in [0, 0.1) is 11.3 Å². The molecule has 0 aliphatic heterocycles. The minimum absolute atomic E-state index is 0.313. The molecule has 2 aromatic rings. The average molecular weight is 251 g/mol. The highest BCUT2D eigenvalue weighted by Gasteiger charge is 2.14. The SMILES string of the molecule is N#Cc1ccc(C(NC(N)=O)c2ccccc2)cc1. The van der Waals surface area contributed by atoms with Crippen molar-refractivity contribution < 1.29 is 4.79 Å². The summed E-state index contributed by atoms with van der Waals surface area (Å²) in [6.45, 7) is 0. The fourth-order valence-corrected chi connectivity index (χ4v) is 1.90. The van der Waals surface area contributed by atoms with Gasteiger partial charge in [0.25, 0.3) is 0 Å². The summed E-state index contributed by atoms with van der Waals surface area (Å²) in [6.07, 6.45) is 0. The first-order valence-corrected chi connectivity index (χ1v) is 5.81. The Labute approximate surface area is 111 Å². The molecular formula is C15H13N3O. The van der Waals surface area contributed by atoms with Gasteiger partial charge in [0.2, 0.25) is 0 Å². The van der Waals surface area contributed by atoms with Crippen molar-refractivity contribution in [2.24, 2.45) is 5.73 Å². The minimum atomic E-state index is -0.585. The molecule has 0 spiro atoms. The fourth-order valence-electron chi connectivity index (χ4n) is 1.90. The van der Waals surface area contributed by atoms with Gasteiger partial charge in [0.1, 0.15) is 0 Å². The van der Waals surface area contributed by atoms with Crippen LogP contribution < -0.4 is 11.1 Å². The molecule has 1 atom stereocenters. The van der Waals surface area contributed by atoms with Crippen LogP contribution in [-0.2, 0) is 0 Å². The number of primary amides is 1. The first-order chi connectivity index (χ1) is 9.20. The first-order valence-electron chi connectivity index (χ1n) is 5.81. The standard InChI is InChI=1S/C15H13N3O/c16-10-11-6-8-13(9-7-11)14(18-15(17)19)12-4-2-1-3-5-12/h1-9,14H,(H3,17,18,19). The van der Waals surface area contributed by atoms with Gasteiger partial charge in [-0.05, 0) is 23.3 Å². The van der Waals surface area contributed by atoms with Gasteiger partial charge in [0.05, 0.1) is 17.7 Å². The van der Waals surface area contributed by atoms with E-state index >= 15 is 0 Å². The van der Waals surface area contributed by atoms with E-state index in [2.05, 4.69) is 11.4 Å². The highest BCUT2D eigenvalue weighted by Crippen LogP contribution is 2.22. The van der Waals surface area contributed by atoms with Gasteiger partial charge in [0.15, 0.2) is 0 Å². The molecule has 2 amide bonds. The van der Waals surface area contributed by atoms with E-state index in [-0.39, 0.29) is 6.04 Å². The van der Waals surface area contributed by atoms with Crippen molar-refractivity contribution >= 4 is 6.03 Å². The van der Waals surface area contributed by atoms with Crippen LogP contribution in [0.25, 0.3) is 0 Å². The van der Waals surface area contributed by atoms with Crippen LogP contribution in [0.5, 0.6) is 0 Å². The minimum Gasteiger partial charge on any atom is -0.352 e. The number of urea groups is 1. The lowest BCUT2D eigenvalue weighted by molar-refractivity contribution is 0.247. The number of nitrogens with one attached hydrogen (secondary N) is 1. The maximum absolute atomic E-state index is 11.1. The lowest BCUT2D eigenvalue weighted by atomic mass is 9.98. The molecule has 0 aromatic heterocycles. The molecule has 0 aliphatic rings. The normalized spacial score (nSPS) is 11.3. The van der Waals surface area contributed by atoms with E-state index < -0.39 is 6.03 Å². The zero-order valence-corrected chi connectivity index (χ0v) is 10.2. The van der Waals surface area contributed by atoms with Crippen molar-refractivity contribution in [1.82, 2.24) is 5.32 Å². The Balaban J connectivity index is 2.37. The van der Waals surface area contributed by atoms with Crippen molar-refractivity contribution in [1.29, 1.82) is 5.26 Å². The van der Waals surface area contributed by atoms with Gasteiger partial charge in [0, 0.05) is 0 Å². The third-order valence-electron chi connectivity index (χ3n) is 2.79. The number of nitrogens with zero attached hydrogens (tertiary/aromatic N) is 1. The van der Waals surface area contributed by atoms with E-state index in [1.807, 2.05) is 42.5 Å². The summed E-state index contributed by atoms with van der Waals surface area (Å²) in [5.74, 6) is 0. The highest BCUT2D eigenvalue weighted by molar-refractivity contribution is 5.73. The third kappa shape index (κ3) is 3.11. The van der Waals surface area contributed by atoms with Crippen molar-refractivity contribution in [3.05, 3.63) is 71.3 Å². The molecule has 4 nitrogen and oxygen atoms in total. The molecule has 2 aromatic carbocycles. The zero-order chi connectivity index (χ0) is 13.7. The number of amides is 2. The lowest BCUT2D eigenvalue weighted by Crippen LogP contribution is -2.33. The molecule has 0 fully saturated rings. The quantitative estimate of drug-likeness (QED) is 0.877. The number of hydrogen-bond acceptors (Lipinski definition) is 2. The monoisotopic (exact) mass is 251 g/mol. The molecule has 94 valence electrons. The number of nitriles is 1. The van der Waals surface area contributed by atoms with Crippen LogP contribution in [0.4, 0.5) is 4.79 Å². The van der Waals surface area contributed by atoms with Crippen molar-refractivity contribution in [2.45, 2.75) is 6.04 Å². The second kappa shape index (κ2) is 5.69. The summed E-state index contributed by atoms with van der Waals surface area (Å²) in [7, 11) is 0. The van der Waals surface area contributed by atoms with Crippen molar-refractivity contribution in [3.63, 3.8) is 0 Å². The number of rotatable bonds is 3. The molecule has 4 heteroatoms. The number of hydrogen-bond donors (Lipinski definition) is 2. The number of benzene rings is 2. The Morgan fingerprint density at radius 3 is 2.16 bits per heavy atom. The lowest BCUT2D eigenvalue weighted by Gasteiger charge is -2.18. The van der Waals surface area contributed by atoms with Crippen molar-refractivity contribution in [2.75, 3.05) is 0 Å². The van der Waals surface area contributed by atoms with E-state index in [4.69, 9.17) is 11.0 Å². The van der Waals surface area contributed by atoms with E-state index in [1.54, 1.807) is 12.1 Å². The predicted molar refractivity (Wildman–Crippen MR) is 72.2 cm³/mol. The molecular weight excluding hydrogens is 238 g/mol. The third-order valence-corrected chi connectivity index (χ3v) is 2.79. The summed E-state index contributed by atoms with van der Waals surface area (Å²) in [6, 6.07) is 17.8. The number of nitrogens with two attached hydrogens (primary N) is 1. The van der Waals surface area contributed by atoms with Gasteiger partial charge in [-0.15, -0.1) is 0 Å². The van der Waals surface area contributed by atoms with E-state index in [9.17, 15) is 4.79 Å². The highest BCUT2D eigenvalue weighted by atomic mass is 16.2. The summed E-state index contributed by atoms with van der Waals surface area (Å²) in [5, 5.41) is 11.5. The second-order valence-electron chi connectivity index (χ2n) is 4.09. The zero-order valence-electron chi connectivity index (χ0n) is 10.2. The van der Waals surface area contributed by atoms with Gasteiger partial charge in [-0.1, -0.05) is 42.5 Å². The smallest absolute Gasteiger partial charge is 0.312 e. The Bertz CT molecular complexity index is 600. The molecule has 0 heterocycles. The van der Waals surface area contributed by atoms with Gasteiger partial charge >= 0.3 is 6.03 Å². The Morgan fingerprint density at radius 1 is 1.05 bits per heavy atom. The Kier molecular flexibility index (Phi) is 3.79. The van der Waals surface area contributed by atoms with Crippen LogP contribution in [0.3, 0.4) is 0 Å². The largest absolute Gasteiger partial charge is 0.352 e. The molecule has 3 N–H and O–H groups in total. The molecule has 0 saturated heterocycles. The van der Waals surface area contributed by atoms with Crippen LogP contribution >= 0.6 is 0 Å². The van der Waals surface area contributed by atoms with Gasteiger partial charge < -0.3 is 11.1 Å². The molecule has 0 saturated carbocycles. The summed E-state index contributed by atoms with van der Waals surface area (Å²) in [5.41, 5.74) is 7.61. The molecule has 0 aliphatic carbocycles. The van der Waals surface area contributed by atoms with Crippen LogP contribution in [0.2, 0.25) is 0 Å². The second-order valence-corrected chi connectivity index (χ2v) is 4.09. The Hall–Kier alpha value is -2.80. The molecule has 19 heavy (non-hydrogen) atoms. The van der Waals surface area contributed by atoms with Crippen LogP contribution in [0.15, 0.2) is 54.6 Å². The van der Waals surface area contributed by atoms with E-state index in [0.717, 1.165) is 11.1 Å². The van der Waals surface area contributed by atoms with E-state index in [1.165, 1.54) is 0 Å². The average Bonchev–Trinajstić information content (AvgIpc) is 2.46. The first kappa shape index (κ1) is 12.7. The van der Waals surface area contributed by atoms with E-state index in [0.29, 0.717) is 5.56 Å². The molecule has 0 radical (unpaired) electrons. The summed E-state index contributed by atoms with van der Waals surface area (Å²) >= 11 is 0.